The molecule has 1 aromatic heterocycles. The van der Waals surface area contributed by atoms with Gasteiger partial charge in [-0.05, 0) is 24.5 Å². The Labute approximate surface area is 114 Å². The van der Waals surface area contributed by atoms with Gasteiger partial charge < -0.3 is 9.67 Å². The van der Waals surface area contributed by atoms with Gasteiger partial charge in [0.25, 0.3) is 5.56 Å². The van der Waals surface area contributed by atoms with Gasteiger partial charge in [-0.15, -0.1) is 0 Å². The first-order valence-electron chi connectivity index (χ1n) is 6.62. The first kappa shape index (κ1) is 15.5. The van der Waals surface area contributed by atoms with Crippen LogP contribution >= 0.6 is 0 Å². The molecule has 4 heteroatoms. The van der Waals surface area contributed by atoms with E-state index in [4.69, 9.17) is 5.11 Å². The number of nitrogens with zero attached hydrogens (tertiary/aromatic N) is 1. The molecule has 0 aliphatic rings. The van der Waals surface area contributed by atoms with Crippen LogP contribution in [0.1, 0.15) is 57.1 Å². The van der Waals surface area contributed by atoms with Gasteiger partial charge in [0.05, 0.1) is 0 Å². The number of carboxylic acid groups (broad SMARTS) is 1. The van der Waals surface area contributed by atoms with Gasteiger partial charge in [0.15, 0.2) is 0 Å². The zero-order valence-electron chi connectivity index (χ0n) is 12.4. The van der Waals surface area contributed by atoms with Crippen molar-refractivity contribution in [2.45, 2.75) is 53.0 Å². The molecule has 1 heterocycles. The van der Waals surface area contributed by atoms with Crippen LogP contribution in [0.25, 0.3) is 0 Å². The van der Waals surface area contributed by atoms with Crippen LogP contribution in [-0.4, -0.2) is 15.6 Å². The Hall–Kier alpha value is -1.58. The van der Waals surface area contributed by atoms with Gasteiger partial charge in [-0.2, -0.15) is 0 Å². The van der Waals surface area contributed by atoms with Crippen LogP contribution in [0.5, 0.6) is 0 Å². The highest BCUT2D eigenvalue weighted by atomic mass is 16.4. The fraction of sp³-hybridized carbons (Fsp3) is 0.600. The number of hydrogen-bond acceptors (Lipinski definition) is 2. The lowest BCUT2D eigenvalue weighted by atomic mass is 9.90. The highest BCUT2D eigenvalue weighted by Crippen LogP contribution is 2.22. The molecule has 0 saturated heterocycles. The van der Waals surface area contributed by atoms with E-state index in [9.17, 15) is 9.59 Å². The number of pyridine rings is 1. The van der Waals surface area contributed by atoms with E-state index in [2.05, 4.69) is 13.8 Å². The number of aromatic nitrogens is 1. The fourth-order valence-corrected chi connectivity index (χ4v) is 2.01. The van der Waals surface area contributed by atoms with Gasteiger partial charge >= 0.3 is 5.97 Å². The molecule has 0 amide bonds. The first-order valence-corrected chi connectivity index (χ1v) is 6.62. The summed E-state index contributed by atoms with van der Waals surface area (Å²) in [5, 5.41) is 9.05. The standard InChI is InChI=1S/C15H23NO3/c1-10(2)8-9-16-12(15(3,4)5)7-6-11(13(16)17)14(18)19/h6-7,10H,8-9H2,1-5H3,(H,18,19). The summed E-state index contributed by atoms with van der Waals surface area (Å²) >= 11 is 0. The summed E-state index contributed by atoms with van der Waals surface area (Å²) in [6, 6.07) is 3.17. The summed E-state index contributed by atoms with van der Waals surface area (Å²) in [5.41, 5.74) is 0.133. The van der Waals surface area contributed by atoms with Crippen molar-refractivity contribution in [2.24, 2.45) is 5.92 Å². The van der Waals surface area contributed by atoms with E-state index in [-0.39, 0.29) is 11.0 Å². The molecule has 106 valence electrons. The summed E-state index contributed by atoms with van der Waals surface area (Å²) in [6.07, 6.45) is 0.853. The largest absolute Gasteiger partial charge is 0.477 e. The lowest BCUT2D eigenvalue weighted by Gasteiger charge is -2.25. The van der Waals surface area contributed by atoms with Gasteiger partial charge in [-0.1, -0.05) is 34.6 Å². The maximum atomic E-state index is 12.3. The smallest absolute Gasteiger partial charge is 0.341 e. The van der Waals surface area contributed by atoms with E-state index in [0.29, 0.717) is 12.5 Å². The van der Waals surface area contributed by atoms with Crippen LogP contribution in [0, 0.1) is 5.92 Å². The second-order valence-electron chi connectivity index (χ2n) is 6.33. The highest BCUT2D eigenvalue weighted by molar-refractivity contribution is 5.87. The zero-order chi connectivity index (χ0) is 14.8. The van der Waals surface area contributed by atoms with Gasteiger partial charge in [-0.25, -0.2) is 4.79 Å². The lowest BCUT2D eigenvalue weighted by molar-refractivity contribution is 0.0694. The Balaban J connectivity index is 3.38. The van der Waals surface area contributed by atoms with E-state index < -0.39 is 11.5 Å². The zero-order valence-corrected chi connectivity index (χ0v) is 12.4. The van der Waals surface area contributed by atoms with Crippen molar-refractivity contribution in [1.29, 1.82) is 0 Å². The Morgan fingerprint density at radius 2 is 1.89 bits per heavy atom. The Morgan fingerprint density at radius 1 is 1.32 bits per heavy atom. The van der Waals surface area contributed by atoms with Gasteiger partial charge in [0.1, 0.15) is 5.56 Å². The second kappa shape index (κ2) is 5.59. The Morgan fingerprint density at radius 3 is 2.32 bits per heavy atom. The molecule has 1 N–H and O–H groups in total. The third-order valence-electron chi connectivity index (χ3n) is 3.10. The third-order valence-corrected chi connectivity index (χ3v) is 3.10. The van der Waals surface area contributed by atoms with Crippen molar-refractivity contribution in [3.63, 3.8) is 0 Å². The number of hydrogen-bond donors (Lipinski definition) is 1. The monoisotopic (exact) mass is 265 g/mol. The van der Waals surface area contributed by atoms with Crippen LogP contribution in [0.4, 0.5) is 0 Å². The van der Waals surface area contributed by atoms with Crippen molar-refractivity contribution in [3.05, 3.63) is 33.7 Å². The molecule has 0 aliphatic carbocycles. The molecule has 0 fully saturated rings. The minimum Gasteiger partial charge on any atom is -0.477 e. The normalized spacial score (nSPS) is 11.9. The van der Waals surface area contributed by atoms with Crippen LogP contribution in [-0.2, 0) is 12.0 Å². The third kappa shape index (κ3) is 3.69. The lowest BCUT2D eigenvalue weighted by Crippen LogP contribution is -2.33. The molecule has 0 unspecified atom stereocenters. The van der Waals surface area contributed by atoms with Crippen molar-refractivity contribution >= 4 is 5.97 Å². The minimum absolute atomic E-state index is 0.156. The van der Waals surface area contributed by atoms with E-state index in [1.54, 1.807) is 10.6 Å². The number of rotatable bonds is 4. The predicted molar refractivity (Wildman–Crippen MR) is 75.8 cm³/mol. The molecule has 4 nitrogen and oxygen atoms in total. The summed E-state index contributed by atoms with van der Waals surface area (Å²) < 4.78 is 1.61. The van der Waals surface area contributed by atoms with Crippen LogP contribution < -0.4 is 5.56 Å². The molecule has 0 bridgehead atoms. The van der Waals surface area contributed by atoms with E-state index in [1.165, 1.54) is 6.07 Å². The number of carbonyl (C=O) groups is 1. The maximum absolute atomic E-state index is 12.3. The Bertz CT molecular complexity index is 521. The molecule has 0 spiro atoms. The van der Waals surface area contributed by atoms with E-state index >= 15 is 0 Å². The second-order valence-corrected chi connectivity index (χ2v) is 6.33. The van der Waals surface area contributed by atoms with Gasteiger partial charge in [-0.3, -0.25) is 4.79 Å². The predicted octanol–water partition coefficient (Wildman–Crippen LogP) is 2.89. The maximum Gasteiger partial charge on any atom is 0.341 e. The molecular weight excluding hydrogens is 242 g/mol. The summed E-state index contributed by atoms with van der Waals surface area (Å²) in [6.45, 7) is 10.8. The van der Waals surface area contributed by atoms with Crippen molar-refractivity contribution < 1.29 is 9.90 Å². The first-order chi connectivity index (χ1) is 8.64. The average molecular weight is 265 g/mol. The van der Waals surface area contributed by atoms with Crippen molar-refractivity contribution in [1.82, 2.24) is 4.57 Å². The Kier molecular flexibility index (Phi) is 4.56. The molecule has 0 aliphatic heterocycles. The van der Waals surface area contributed by atoms with Gasteiger partial charge in [0.2, 0.25) is 0 Å². The van der Waals surface area contributed by atoms with E-state index in [0.717, 1.165) is 12.1 Å². The SMILES string of the molecule is CC(C)CCn1c(C(C)(C)C)ccc(C(=O)O)c1=O. The molecule has 0 saturated carbocycles. The summed E-state index contributed by atoms with van der Waals surface area (Å²) in [4.78, 5) is 23.3. The summed E-state index contributed by atoms with van der Waals surface area (Å²) in [7, 11) is 0. The topological polar surface area (TPSA) is 59.3 Å². The van der Waals surface area contributed by atoms with Crippen molar-refractivity contribution in [2.75, 3.05) is 0 Å². The fourth-order valence-electron chi connectivity index (χ4n) is 2.01. The molecular formula is C15H23NO3. The summed E-state index contributed by atoms with van der Waals surface area (Å²) in [5.74, 6) is -0.697. The van der Waals surface area contributed by atoms with Crippen LogP contribution in [0.2, 0.25) is 0 Å². The van der Waals surface area contributed by atoms with Crippen molar-refractivity contribution in [3.8, 4) is 0 Å². The molecule has 1 aromatic rings. The molecule has 19 heavy (non-hydrogen) atoms. The van der Waals surface area contributed by atoms with Crippen LogP contribution in [0.3, 0.4) is 0 Å². The molecule has 0 radical (unpaired) electrons. The molecule has 0 atom stereocenters. The minimum atomic E-state index is -1.16. The number of aromatic carboxylic acids is 1. The molecule has 0 aromatic carbocycles. The quantitative estimate of drug-likeness (QED) is 0.910. The highest BCUT2D eigenvalue weighted by Gasteiger charge is 2.22. The van der Waals surface area contributed by atoms with E-state index in [1.807, 2.05) is 20.8 Å². The molecule has 1 rings (SSSR count). The average Bonchev–Trinajstić information content (AvgIpc) is 2.24. The number of carboxylic acids is 1. The van der Waals surface area contributed by atoms with Gasteiger partial charge in [0, 0.05) is 17.7 Å². The van der Waals surface area contributed by atoms with Crippen LogP contribution in [0.15, 0.2) is 16.9 Å².